The molecule has 0 radical (unpaired) electrons. The summed E-state index contributed by atoms with van der Waals surface area (Å²) in [6, 6.07) is 8.35. The predicted molar refractivity (Wildman–Crippen MR) is 74.4 cm³/mol. The Morgan fingerprint density at radius 3 is 2.84 bits per heavy atom. The fraction of sp³-hybridized carbons (Fsp3) is 0.600. The molecule has 0 aliphatic carbocycles. The standard InChI is InChI=1S/C15H23NO3/c1-3-19-14-6-4-5-13(7-14)12(2)16-8-15(9-17)10-18-11-15/h4-7,12,16-17H,3,8-11H2,1-2H3. The Balaban J connectivity index is 1.91. The van der Waals surface area contributed by atoms with Gasteiger partial charge >= 0.3 is 0 Å². The average Bonchev–Trinajstić information content (AvgIpc) is 2.38. The predicted octanol–water partition coefficient (Wildman–Crippen LogP) is 1.74. The van der Waals surface area contributed by atoms with Gasteiger partial charge in [0.2, 0.25) is 0 Å². The molecule has 1 aromatic carbocycles. The summed E-state index contributed by atoms with van der Waals surface area (Å²) in [7, 11) is 0. The van der Waals surface area contributed by atoms with Gasteiger partial charge in [-0.3, -0.25) is 0 Å². The first-order valence-corrected chi connectivity index (χ1v) is 6.84. The molecule has 19 heavy (non-hydrogen) atoms. The summed E-state index contributed by atoms with van der Waals surface area (Å²) in [6.07, 6.45) is 0. The summed E-state index contributed by atoms with van der Waals surface area (Å²) in [5.74, 6) is 0.900. The van der Waals surface area contributed by atoms with E-state index in [2.05, 4.69) is 24.4 Å². The summed E-state index contributed by atoms with van der Waals surface area (Å²) in [6.45, 7) is 7.00. The van der Waals surface area contributed by atoms with E-state index in [-0.39, 0.29) is 18.1 Å². The molecule has 1 fully saturated rings. The first kappa shape index (κ1) is 14.3. The minimum absolute atomic E-state index is 0.0915. The van der Waals surface area contributed by atoms with E-state index in [4.69, 9.17) is 9.47 Å². The summed E-state index contributed by atoms with van der Waals surface area (Å²) in [4.78, 5) is 0. The van der Waals surface area contributed by atoms with Crippen molar-refractivity contribution < 1.29 is 14.6 Å². The highest BCUT2D eigenvalue weighted by atomic mass is 16.5. The van der Waals surface area contributed by atoms with Crippen LogP contribution in [-0.2, 0) is 4.74 Å². The molecule has 4 nitrogen and oxygen atoms in total. The summed E-state index contributed by atoms with van der Waals surface area (Å²) >= 11 is 0. The van der Waals surface area contributed by atoms with Gasteiger partial charge in [-0.05, 0) is 31.5 Å². The maximum absolute atomic E-state index is 9.39. The highest BCUT2D eigenvalue weighted by Gasteiger charge is 2.37. The molecular formula is C15H23NO3. The van der Waals surface area contributed by atoms with E-state index in [0.717, 1.165) is 12.3 Å². The van der Waals surface area contributed by atoms with Crippen LogP contribution in [0.3, 0.4) is 0 Å². The molecule has 0 saturated carbocycles. The lowest BCUT2D eigenvalue weighted by Crippen LogP contribution is -2.52. The quantitative estimate of drug-likeness (QED) is 0.788. The first-order chi connectivity index (χ1) is 9.19. The zero-order valence-electron chi connectivity index (χ0n) is 11.7. The Bertz CT molecular complexity index is 399. The minimum Gasteiger partial charge on any atom is -0.494 e. The highest BCUT2D eigenvalue weighted by Crippen LogP contribution is 2.27. The van der Waals surface area contributed by atoms with Crippen molar-refractivity contribution in [3.8, 4) is 5.75 Å². The normalized spacial score (nSPS) is 18.7. The van der Waals surface area contributed by atoms with Crippen molar-refractivity contribution in [1.82, 2.24) is 5.32 Å². The lowest BCUT2D eigenvalue weighted by atomic mass is 9.86. The van der Waals surface area contributed by atoms with E-state index in [1.807, 2.05) is 19.1 Å². The molecule has 1 unspecified atom stereocenters. The molecule has 0 aromatic heterocycles. The minimum atomic E-state index is -0.0915. The van der Waals surface area contributed by atoms with Gasteiger partial charge in [-0.1, -0.05) is 12.1 Å². The third-order valence-corrected chi connectivity index (χ3v) is 3.60. The molecule has 0 bridgehead atoms. The molecule has 2 N–H and O–H groups in total. The van der Waals surface area contributed by atoms with Gasteiger partial charge in [0, 0.05) is 12.6 Å². The molecule has 0 amide bonds. The van der Waals surface area contributed by atoms with E-state index >= 15 is 0 Å². The number of rotatable bonds is 7. The molecule has 1 atom stereocenters. The van der Waals surface area contributed by atoms with Crippen LogP contribution in [0.5, 0.6) is 5.75 Å². The van der Waals surface area contributed by atoms with Crippen molar-refractivity contribution in [3.05, 3.63) is 29.8 Å². The lowest BCUT2D eigenvalue weighted by Gasteiger charge is -2.40. The smallest absolute Gasteiger partial charge is 0.119 e. The molecule has 106 valence electrons. The molecule has 1 aliphatic heterocycles. The van der Waals surface area contributed by atoms with Gasteiger partial charge in [0.15, 0.2) is 0 Å². The maximum atomic E-state index is 9.39. The molecule has 1 aromatic rings. The lowest BCUT2D eigenvalue weighted by molar-refractivity contribution is -0.135. The SMILES string of the molecule is CCOc1cccc(C(C)NCC2(CO)COC2)c1. The van der Waals surface area contributed by atoms with Gasteiger partial charge < -0.3 is 19.9 Å². The van der Waals surface area contributed by atoms with Crippen LogP contribution in [0.4, 0.5) is 0 Å². The van der Waals surface area contributed by atoms with Gasteiger partial charge in [0.25, 0.3) is 0 Å². The Morgan fingerprint density at radius 1 is 1.47 bits per heavy atom. The molecule has 4 heteroatoms. The fourth-order valence-electron chi connectivity index (χ4n) is 2.17. The Labute approximate surface area is 114 Å². The van der Waals surface area contributed by atoms with Crippen LogP contribution >= 0.6 is 0 Å². The zero-order valence-corrected chi connectivity index (χ0v) is 11.7. The zero-order chi connectivity index (χ0) is 13.7. The van der Waals surface area contributed by atoms with Crippen LogP contribution in [0.1, 0.15) is 25.5 Å². The number of aliphatic hydroxyl groups excluding tert-OH is 1. The number of ether oxygens (including phenoxy) is 2. The van der Waals surface area contributed by atoms with Crippen molar-refractivity contribution in [3.63, 3.8) is 0 Å². The van der Waals surface area contributed by atoms with Gasteiger partial charge in [-0.15, -0.1) is 0 Å². The Morgan fingerprint density at radius 2 is 2.26 bits per heavy atom. The van der Waals surface area contributed by atoms with Gasteiger partial charge in [0.05, 0.1) is 31.8 Å². The summed E-state index contributed by atoms with van der Waals surface area (Å²) < 4.78 is 10.7. The molecule has 2 rings (SSSR count). The van der Waals surface area contributed by atoms with Gasteiger partial charge in [-0.25, -0.2) is 0 Å². The molecule has 1 saturated heterocycles. The molecule has 0 spiro atoms. The first-order valence-electron chi connectivity index (χ1n) is 6.84. The Hall–Kier alpha value is -1.10. The van der Waals surface area contributed by atoms with Crippen LogP contribution in [0, 0.1) is 5.41 Å². The van der Waals surface area contributed by atoms with E-state index in [1.165, 1.54) is 5.56 Å². The average molecular weight is 265 g/mol. The van der Waals surface area contributed by atoms with Crippen molar-refractivity contribution in [2.24, 2.45) is 5.41 Å². The van der Waals surface area contributed by atoms with Crippen LogP contribution in [-0.4, -0.2) is 38.1 Å². The van der Waals surface area contributed by atoms with Crippen molar-refractivity contribution in [2.75, 3.05) is 33.0 Å². The van der Waals surface area contributed by atoms with Gasteiger partial charge in [0.1, 0.15) is 5.75 Å². The van der Waals surface area contributed by atoms with E-state index < -0.39 is 0 Å². The van der Waals surface area contributed by atoms with Crippen LogP contribution in [0.2, 0.25) is 0 Å². The van der Waals surface area contributed by atoms with Crippen LogP contribution in [0.25, 0.3) is 0 Å². The summed E-state index contributed by atoms with van der Waals surface area (Å²) in [5.41, 5.74) is 1.10. The fourth-order valence-corrected chi connectivity index (χ4v) is 2.17. The van der Waals surface area contributed by atoms with E-state index in [0.29, 0.717) is 19.8 Å². The molecule has 1 heterocycles. The number of nitrogens with one attached hydrogen (secondary N) is 1. The number of hydrogen-bond donors (Lipinski definition) is 2. The van der Waals surface area contributed by atoms with Crippen LogP contribution in [0.15, 0.2) is 24.3 Å². The van der Waals surface area contributed by atoms with Crippen molar-refractivity contribution >= 4 is 0 Å². The topological polar surface area (TPSA) is 50.7 Å². The number of benzene rings is 1. The van der Waals surface area contributed by atoms with Gasteiger partial charge in [-0.2, -0.15) is 0 Å². The number of aliphatic hydroxyl groups is 1. The number of hydrogen-bond acceptors (Lipinski definition) is 4. The molecule has 1 aliphatic rings. The second-order valence-electron chi connectivity index (χ2n) is 5.26. The van der Waals surface area contributed by atoms with E-state index in [1.54, 1.807) is 0 Å². The largest absolute Gasteiger partial charge is 0.494 e. The maximum Gasteiger partial charge on any atom is 0.119 e. The monoisotopic (exact) mass is 265 g/mol. The Kier molecular flexibility index (Phi) is 4.80. The van der Waals surface area contributed by atoms with Crippen molar-refractivity contribution in [2.45, 2.75) is 19.9 Å². The third kappa shape index (κ3) is 3.47. The second kappa shape index (κ2) is 6.37. The second-order valence-corrected chi connectivity index (χ2v) is 5.26. The third-order valence-electron chi connectivity index (χ3n) is 3.60. The van der Waals surface area contributed by atoms with Crippen LogP contribution < -0.4 is 10.1 Å². The summed E-state index contributed by atoms with van der Waals surface area (Å²) in [5, 5.41) is 12.9. The molecular weight excluding hydrogens is 242 g/mol. The van der Waals surface area contributed by atoms with Crippen molar-refractivity contribution in [1.29, 1.82) is 0 Å². The highest BCUT2D eigenvalue weighted by molar-refractivity contribution is 5.30. The van der Waals surface area contributed by atoms with E-state index in [9.17, 15) is 5.11 Å².